The Balaban J connectivity index is 1.79. The summed E-state index contributed by atoms with van der Waals surface area (Å²) in [6.07, 6.45) is 2.17. The van der Waals surface area contributed by atoms with Gasteiger partial charge >= 0.3 is 0 Å². The van der Waals surface area contributed by atoms with Crippen molar-refractivity contribution < 1.29 is 4.79 Å². The number of hydrogen-bond acceptors (Lipinski definition) is 9. The van der Waals surface area contributed by atoms with Crippen LogP contribution in [0, 0.1) is 11.3 Å². The van der Waals surface area contributed by atoms with E-state index in [9.17, 15) is 10.1 Å². The fraction of sp³-hybridized carbons (Fsp3) is 0.133. The minimum atomic E-state index is -0.335. The Morgan fingerprint density at radius 2 is 2.19 bits per heavy atom. The lowest BCUT2D eigenvalue weighted by Gasteiger charge is -2.08. The van der Waals surface area contributed by atoms with Crippen molar-refractivity contribution in [1.29, 1.82) is 5.26 Å². The molecule has 130 valence electrons. The number of rotatable bonds is 6. The number of carbonyl (C=O) groups is 1. The predicted molar refractivity (Wildman–Crippen MR) is 95.1 cm³/mol. The molecule has 26 heavy (non-hydrogen) atoms. The van der Waals surface area contributed by atoms with Crippen molar-refractivity contribution in [3.8, 4) is 6.07 Å². The van der Waals surface area contributed by atoms with Crippen molar-refractivity contribution in [2.45, 2.75) is 13.3 Å². The third-order valence-corrected chi connectivity index (χ3v) is 4.22. The highest BCUT2D eigenvalue weighted by Crippen LogP contribution is 2.20. The molecule has 1 aromatic carbocycles. The third kappa shape index (κ3) is 3.87. The van der Waals surface area contributed by atoms with Crippen LogP contribution in [0.3, 0.4) is 0 Å². The number of nitrogens with zero attached hydrogens (tertiary/aromatic N) is 6. The fourth-order valence-electron chi connectivity index (χ4n) is 1.99. The number of aromatic nitrogens is 6. The van der Waals surface area contributed by atoms with Crippen LogP contribution < -0.4 is 10.6 Å². The van der Waals surface area contributed by atoms with E-state index in [-0.39, 0.29) is 17.3 Å². The van der Waals surface area contributed by atoms with Crippen LogP contribution in [0.25, 0.3) is 5.57 Å². The van der Waals surface area contributed by atoms with E-state index < -0.39 is 0 Å². The van der Waals surface area contributed by atoms with Crippen LogP contribution in [0.1, 0.15) is 28.1 Å². The molecule has 0 unspecified atom stereocenters. The van der Waals surface area contributed by atoms with Gasteiger partial charge in [-0.15, -0.1) is 20.4 Å². The summed E-state index contributed by atoms with van der Waals surface area (Å²) in [4.78, 5) is 12.5. The molecule has 2 heterocycles. The molecule has 0 saturated carbocycles. The van der Waals surface area contributed by atoms with Crippen LogP contribution in [0.4, 0.5) is 10.8 Å². The number of hydrogen-bond donors (Lipinski definition) is 3. The fourth-order valence-corrected chi connectivity index (χ4v) is 2.67. The molecule has 0 spiro atoms. The monoisotopic (exact) mass is 367 g/mol. The third-order valence-electron chi connectivity index (χ3n) is 3.24. The Bertz CT molecular complexity index is 971. The number of carbonyl (C=O) groups excluding carboxylic acids is 1. The van der Waals surface area contributed by atoms with Gasteiger partial charge in [-0.3, -0.25) is 10.1 Å². The normalized spacial score (nSPS) is 11.0. The average molecular weight is 367 g/mol. The van der Waals surface area contributed by atoms with Crippen molar-refractivity contribution in [3.05, 3.63) is 46.9 Å². The van der Waals surface area contributed by atoms with E-state index in [1.807, 2.05) is 13.0 Å². The first-order valence-corrected chi connectivity index (χ1v) is 8.36. The standard InChI is InChI=1S/C15H13N9OS/c1-2-12-19-22-15(26-12)18-14(25)10-5-3-4-6-11(10)17-8-9(7-16)13-20-23-24-21-13/h3-6,8,17H,2H2,1H3,(H,18,22,25)(H,20,21,23,24). The van der Waals surface area contributed by atoms with Gasteiger partial charge in [-0.05, 0) is 23.8 Å². The molecule has 0 aliphatic carbocycles. The van der Waals surface area contributed by atoms with Crippen LogP contribution in [-0.4, -0.2) is 36.7 Å². The van der Waals surface area contributed by atoms with Crippen molar-refractivity contribution in [2.75, 3.05) is 10.6 Å². The molecule has 0 radical (unpaired) electrons. The van der Waals surface area contributed by atoms with Crippen molar-refractivity contribution >= 4 is 33.6 Å². The summed E-state index contributed by atoms with van der Waals surface area (Å²) in [5, 5.41) is 37.2. The molecule has 0 aliphatic heterocycles. The molecule has 3 rings (SSSR count). The van der Waals surface area contributed by atoms with E-state index in [0.29, 0.717) is 16.4 Å². The molecule has 11 heteroatoms. The highest BCUT2D eigenvalue weighted by Gasteiger charge is 2.14. The Morgan fingerprint density at radius 1 is 1.35 bits per heavy atom. The van der Waals surface area contributed by atoms with Crippen molar-refractivity contribution in [3.63, 3.8) is 0 Å². The zero-order valence-corrected chi connectivity index (χ0v) is 14.4. The summed E-state index contributed by atoms with van der Waals surface area (Å²) < 4.78 is 0. The molecule has 2 aromatic heterocycles. The molecule has 0 atom stereocenters. The van der Waals surface area contributed by atoms with Gasteiger partial charge in [0.05, 0.1) is 11.3 Å². The number of nitrogens with one attached hydrogen (secondary N) is 3. The smallest absolute Gasteiger partial charge is 0.259 e. The molecular formula is C15H13N9OS. The quantitative estimate of drug-likeness (QED) is 0.560. The number of anilines is 2. The largest absolute Gasteiger partial charge is 0.360 e. The van der Waals surface area contributed by atoms with E-state index in [1.54, 1.807) is 24.3 Å². The maximum atomic E-state index is 12.5. The van der Waals surface area contributed by atoms with Crippen molar-refractivity contribution in [1.82, 2.24) is 30.8 Å². The number of para-hydroxylation sites is 1. The van der Waals surface area contributed by atoms with Gasteiger partial charge in [-0.2, -0.15) is 10.5 Å². The molecule has 0 bridgehead atoms. The lowest BCUT2D eigenvalue weighted by molar-refractivity contribution is 0.102. The van der Waals surface area contributed by atoms with Crippen LogP contribution in [0.5, 0.6) is 0 Å². The lowest BCUT2D eigenvalue weighted by Crippen LogP contribution is -2.13. The molecule has 10 nitrogen and oxygen atoms in total. The summed E-state index contributed by atoms with van der Waals surface area (Å²) in [6, 6.07) is 8.86. The molecule has 0 fully saturated rings. The van der Waals surface area contributed by atoms with Gasteiger partial charge in [-0.1, -0.05) is 30.4 Å². The number of amides is 1. The molecule has 3 aromatic rings. The number of aryl methyl sites for hydroxylation is 1. The molecule has 0 aliphatic rings. The highest BCUT2D eigenvalue weighted by atomic mass is 32.1. The summed E-state index contributed by atoms with van der Waals surface area (Å²) in [5.74, 6) is -0.179. The van der Waals surface area contributed by atoms with Gasteiger partial charge in [0.25, 0.3) is 5.91 Å². The van der Waals surface area contributed by atoms with Gasteiger partial charge in [-0.25, -0.2) is 0 Å². The Labute approximate surface area is 152 Å². The summed E-state index contributed by atoms with van der Waals surface area (Å²) in [6.45, 7) is 1.97. The van der Waals surface area contributed by atoms with Gasteiger partial charge < -0.3 is 5.32 Å². The zero-order valence-electron chi connectivity index (χ0n) is 13.6. The zero-order chi connectivity index (χ0) is 18.4. The first-order valence-electron chi connectivity index (χ1n) is 7.54. The van der Waals surface area contributed by atoms with Crippen molar-refractivity contribution in [2.24, 2.45) is 0 Å². The maximum Gasteiger partial charge on any atom is 0.259 e. The molecule has 0 saturated heterocycles. The van der Waals surface area contributed by atoms with Gasteiger partial charge in [0, 0.05) is 6.20 Å². The van der Waals surface area contributed by atoms with Crippen LogP contribution in [0.15, 0.2) is 30.5 Å². The topological polar surface area (TPSA) is 145 Å². The van der Waals surface area contributed by atoms with Gasteiger partial charge in [0.2, 0.25) is 11.0 Å². The Morgan fingerprint density at radius 3 is 2.88 bits per heavy atom. The summed E-state index contributed by atoms with van der Waals surface area (Å²) >= 11 is 1.33. The Kier molecular flexibility index (Phi) is 5.25. The van der Waals surface area contributed by atoms with E-state index in [1.165, 1.54) is 17.5 Å². The SMILES string of the molecule is CCc1nnc(NC(=O)c2ccccc2NC=C(C#N)c2nn[nH]n2)s1. The summed E-state index contributed by atoms with van der Waals surface area (Å²) in [5.41, 5.74) is 1.08. The lowest BCUT2D eigenvalue weighted by atomic mass is 10.1. The van der Waals surface area contributed by atoms with E-state index in [2.05, 4.69) is 41.5 Å². The summed E-state index contributed by atoms with van der Waals surface area (Å²) in [7, 11) is 0. The number of aromatic amines is 1. The number of benzene rings is 1. The van der Waals surface area contributed by atoms with E-state index in [0.717, 1.165) is 11.4 Å². The van der Waals surface area contributed by atoms with Crippen LogP contribution in [-0.2, 0) is 6.42 Å². The second-order valence-corrected chi connectivity index (χ2v) is 5.97. The minimum absolute atomic E-state index is 0.155. The van der Waals surface area contributed by atoms with Crippen LogP contribution >= 0.6 is 11.3 Å². The van der Waals surface area contributed by atoms with Crippen LogP contribution in [0.2, 0.25) is 0 Å². The van der Waals surface area contributed by atoms with Gasteiger partial charge in [0.15, 0.2) is 0 Å². The second-order valence-electron chi connectivity index (χ2n) is 4.90. The number of H-pyrrole nitrogens is 1. The molecule has 1 amide bonds. The van der Waals surface area contributed by atoms with Gasteiger partial charge in [0.1, 0.15) is 16.6 Å². The Hall–Kier alpha value is -3.65. The maximum absolute atomic E-state index is 12.5. The minimum Gasteiger partial charge on any atom is -0.360 e. The number of allylic oxidation sites excluding steroid dienone is 1. The number of tetrazole rings is 1. The second kappa shape index (κ2) is 7.95. The first kappa shape index (κ1) is 17.2. The molecular weight excluding hydrogens is 354 g/mol. The van der Waals surface area contributed by atoms with E-state index in [4.69, 9.17) is 0 Å². The highest BCUT2D eigenvalue weighted by molar-refractivity contribution is 7.15. The number of nitriles is 1. The first-order chi connectivity index (χ1) is 12.7. The predicted octanol–water partition coefficient (Wildman–Crippen LogP) is 1.84. The average Bonchev–Trinajstić information content (AvgIpc) is 3.34. The molecule has 3 N–H and O–H groups in total. The van der Waals surface area contributed by atoms with E-state index >= 15 is 0 Å².